The first kappa shape index (κ1) is 91.5. The van der Waals surface area contributed by atoms with Crippen LogP contribution in [0.25, 0.3) is 0 Å². The fraction of sp³-hybridized carbons (Fsp3) is 0.893. The van der Waals surface area contributed by atoms with Gasteiger partial charge in [0.15, 0.2) is 12.2 Å². The summed E-state index contributed by atoms with van der Waals surface area (Å²) in [6.07, 6.45) is 59.2. The highest BCUT2D eigenvalue weighted by molar-refractivity contribution is 7.47. The van der Waals surface area contributed by atoms with Crippen molar-refractivity contribution in [2.45, 2.75) is 387 Å². The van der Waals surface area contributed by atoms with Crippen LogP contribution in [-0.2, 0) is 65.4 Å². The summed E-state index contributed by atoms with van der Waals surface area (Å²) in [5.74, 6) is -1.39. The van der Waals surface area contributed by atoms with E-state index in [4.69, 9.17) is 37.0 Å². The largest absolute Gasteiger partial charge is 0.472 e. The second-order valence-corrected chi connectivity index (χ2v) is 29.7. The van der Waals surface area contributed by atoms with Gasteiger partial charge in [0.25, 0.3) is 0 Å². The minimum absolute atomic E-state index is 0.102. The Kier molecular flexibility index (Phi) is 65.9. The fourth-order valence-electron chi connectivity index (χ4n) is 11.0. The molecule has 0 aliphatic carbocycles. The first-order valence-corrected chi connectivity index (χ1v) is 41.4. The molecule has 19 heteroatoms. The van der Waals surface area contributed by atoms with Crippen LogP contribution >= 0.6 is 15.6 Å². The second kappa shape index (κ2) is 67.7. The molecule has 0 spiro atoms. The van der Waals surface area contributed by atoms with E-state index >= 15 is 0 Å². The van der Waals surface area contributed by atoms with E-state index in [9.17, 15) is 43.2 Å². The van der Waals surface area contributed by atoms with Gasteiger partial charge in [-0.2, -0.15) is 0 Å². The maximum absolute atomic E-state index is 13.1. The Bertz CT molecular complexity index is 1900. The van der Waals surface area contributed by atoms with Crippen molar-refractivity contribution >= 4 is 39.5 Å². The predicted octanol–water partition coefficient (Wildman–Crippen LogP) is 21.6. The van der Waals surface area contributed by atoms with Crippen molar-refractivity contribution in [3.63, 3.8) is 0 Å². The lowest BCUT2D eigenvalue weighted by molar-refractivity contribution is -0.161. The first-order valence-electron chi connectivity index (χ1n) is 38.5. The quantitative estimate of drug-likeness (QED) is 0.0169. The molecule has 94 heavy (non-hydrogen) atoms. The Morgan fingerprint density at radius 1 is 0.330 bits per heavy atom. The van der Waals surface area contributed by atoms with Gasteiger partial charge in [-0.05, 0) is 57.3 Å². The molecule has 0 amide bonds. The van der Waals surface area contributed by atoms with Crippen LogP contribution in [0.4, 0.5) is 0 Å². The average Bonchev–Trinajstić information content (AvgIpc) is 1.34. The summed E-state index contributed by atoms with van der Waals surface area (Å²) in [6, 6.07) is 0. The van der Waals surface area contributed by atoms with Crippen LogP contribution in [0.3, 0.4) is 0 Å². The number of carbonyl (C=O) groups excluding carboxylic acids is 4. The lowest BCUT2D eigenvalue weighted by Crippen LogP contribution is -2.30. The number of aliphatic hydroxyl groups excluding tert-OH is 1. The third kappa shape index (κ3) is 68.1. The summed E-state index contributed by atoms with van der Waals surface area (Å²) in [5.41, 5.74) is 0. The smallest absolute Gasteiger partial charge is 0.462 e. The maximum Gasteiger partial charge on any atom is 0.472 e. The van der Waals surface area contributed by atoms with Crippen molar-refractivity contribution in [1.82, 2.24) is 0 Å². The second-order valence-electron chi connectivity index (χ2n) is 26.8. The molecule has 0 saturated heterocycles. The highest BCUT2D eigenvalue weighted by Crippen LogP contribution is 2.45. The van der Waals surface area contributed by atoms with Gasteiger partial charge in [-0.25, -0.2) is 9.13 Å². The number of esters is 4. The van der Waals surface area contributed by atoms with Crippen molar-refractivity contribution in [1.29, 1.82) is 0 Å². The van der Waals surface area contributed by atoms with Crippen LogP contribution < -0.4 is 0 Å². The predicted molar refractivity (Wildman–Crippen MR) is 381 cm³/mol. The van der Waals surface area contributed by atoms with Crippen LogP contribution in [0.1, 0.15) is 369 Å². The number of carbonyl (C=O) groups is 4. The summed E-state index contributed by atoms with van der Waals surface area (Å²) in [6.45, 7) is 7.18. The molecule has 0 aromatic carbocycles. The number of allylic oxidation sites excluding steroid dienone is 4. The van der Waals surface area contributed by atoms with Gasteiger partial charge in [0.2, 0.25) is 0 Å². The van der Waals surface area contributed by atoms with Gasteiger partial charge in [-0.1, -0.05) is 316 Å². The molecule has 0 heterocycles. The third-order valence-corrected chi connectivity index (χ3v) is 18.8. The Labute approximate surface area is 573 Å². The van der Waals surface area contributed by atoms with Crippen LogP contribution in [-0.4, -0.2) is 96.7 Å². The highest BCUT2D eigenvalue weighted by Gasteiger charge is 2.30. The van der Waals surface area contributed by atoms with Crippen LogP contribution in [0.5, 0.6) is 0 Å². The maximum atomic E-state index is 13.1. The highest BCUT2D eigenvalue weighted by atomic mass is 31.2. The Balaban J connectivity index is 5.23. The minimum Gasteiger partial charge on any atom is -0.462 e. The van der Waals surface area contributed by atoms with E-state index in [0.29, 0.717) is 25.7 Å². The molecule has 554 valence electrons. The number of aliphatic hydroxyl groups is 1. The lowest BCUT2D eigenvalue weighted by Gasteiger charge is -2.21. The van der Waals surface area contributed by atoms with Gasteiger partial charge in [0.1, 0.15) is 19.3 Å². The van der Waals surface area contributed by atoms with E-state index in [1.54, 1.807) is 0 Å². The van der Waals surface area contributed by atoms with E-state index in [2.05, 4.69) is 58.9 Å². The van der Waals surface area contributed by atoms with Crippen molar-refractivity contribution in [2.75, 3.05) is 39.6 Å². The van der Waals surface area contributed by atoms with E-state index in [1.165, 1.54) is 161 Å². The zero-order chi connectivity index (χ0) is 69.1. The lowest BCUT2D eigenvalue weighted by atomic mass is 10.0. The molecule has 0 aliphatic heterocycles. The molecule has 0 radical (unpaired) electrons. The fourth-order valence-corrected chi connectivity index (χ4v) is 12.6. The Hall–Kier alpha value is -2.46. The molecule has 17 nitrogen and oxygen atoms in total. The minimum atomic E-state index is -4.96. The van der Waals surface area contributed by atoms with Gasteiger partial charge in [-0.3, -0.25) is 37.3 Å². The molecule has 0 aromatic heterocycles. The average molecular weight is 1380 g/mol. The topological polar surface area (TPSA) is 237 Å². The van der Waals surface area contributed by atoms with E-state index in [-0.39, 0.29) is 25.7 Å². The molecule has 0 rings (SSSR count). The van der Waals surface area contributed by atoms with Crippen molar-refractivity contribution < 1.29 is 80.2 Å². The summed E-state index contributed by atoms with van der Waals surface area (Å²) < 4.78 is 68.3. The number of unbranched alkanes of at least 4 members (excludes halogenated alkanes) is 42. The number of phosphoric ester groups is 2. The summed E-state index contributed by atoms with van der Waals surface area (Å²) in [7, 11) is -9.91. The molecule has 0 aliphatic rings. The Morgan fingerprint density at radius 3 is 0.872 bits per heavy atom. The zero-order valence-electron chi connectivity index (χ0n) is 60.6. The molecule has 0 aromatic rings. The van der Waals surface area contributed by atoms with Crippen LogP contribution in [0.2, 0.25) is 0 Å². The molecular formula is C75H142O17P2. The molecule has 3 N–H and O–H groups in total. The van der Waals surface area contributed by atoms with E-state index in [1.807, 2.05) is 0 Å². The van der Waals surface area contributed by atoms with Gasteiger partial charge >= 0.3 is 39.5 Å². The summed E-state index contributed by atoms with van der Waals surface area (Å²) in [4.78, 5) is 72.6. The number of rotatable bonds is 73. The zero-order valence-corrected chi connectivity index (χ0v) is 62.4. The monoisotopic (exact) mass is 1380 g/mol. The molecule has 0 fully saturated rings. The van der Waals surface area contributed by atoms with Crippen molar-refractivity contribution in [3.05, 3.63) is 24.3 Å². The van der Waals surface area contributed by atoms with Gasteiger partial charge in [0.05, 0.1) is 26.4 Å². The number of hydrogen-bond donors (Lipinski definition) is 3. The molecule has 2 unspecified atom stereocenters. The van der Waals surface area contributed by atoms with Crippen LogP contribution in [0.15, 0.2) is 24.3 Å². The van der Waals surface area contributed by atoms with Gasteiger partial charge in [0, 0.05) is 25.7 Å². The first-order chi connectivity index (χ1) is 45.5. The van der Waals surface area contributed by atoms with E-state index < -0.39 is 97.5 Å². The summed E-state index contributed by atoms with van der Waals surface area (Å²) >= 11 is 0. The normalized spacial score (nSPS) is 14.1. The van der Waals surface area contributed by atoms with Gasteiger partial charge < -0.3 is 33.8 Å². The molecule has 0 bridgehead atoms. The number of ether oxygens (including phenoxy) is 4. The van der Waals surface area contributed by atoms with E-state index in [0.717, 1.165) is 128 Å². The van der Waals surface area contributed by atoms with Crippen LogP contribution in [0, 0.1) is 5.92 Å². The van der Waals surface area contributed by atoms with Gasteiger partial charge in [-0.15, -0.1) is 0 Å². The number of hydrogen-bond acceptors (Lipinski definition) is 15. The Morgan fingerprint density at radius 2 is 0.574 bits per heavy atom. The summed E-state index contributed by atoms with van der Waals surface area (Å²) in [5, 5.41) is 10.6. The van der Waals surface area contributed by atoms with Crippen molar-refractivity contribution in [3.8, 4) is 0 Å². The SMILES string of the molecule is CCCCCC/C=C\C=C/CCCCCCCC(=O)OC[C@H](COP(=O)(O)OC[C@@H](O)COP(=O)(O)OC[C@@H](COC(=O)CCCCCCCCC)OC(=O)CCCCCCCCCCCCCC(C)C)OC(=O)CCCCCCCCCCCCCCCCCCCC. The number of phosphoric acid groups is 2. The third-order valence-electron chi connectivity index (χ3n) is 16.9. The molecular weight excluding hydrogens is 1230 g/mol. The molecule has 5 atom stereocenters. The molecule has 0 saturated carbocycles. The standard InChI is InChI=1S/C75H142O17P2/c1-6-9-12-15-18-20-22-24-26-27-28-30-32-36-40-45-50-55-60-74(79)92-71(65-86-73(78)59-54-49-44-39-35-31-29-25-23-21-19-16-13-10-7-2)67-90-94(83,84)88-63-69(76)62-87-93(81,82)89-66-70(64-85-72(77)58-53-48-42-17-14-11-8-3)91-75(80)61-56-51-46-41-37-33-34-38-43-47-52-57-68(4)5/h21,23,25,29,68-71,76H,6-20,22,24,26-28,30-67H2,1-5H3,(H,81,82)(H,83,84)/b23-21-,29-25-/t69-,70+,71+/m0/s1. The van der Waals surface area contributed by atoms with Crippen molar-refractivity contribution in [2.24, 2.45) is 5.92 Å².